The summed E-state index contributed by atoms with van der Waals surface area (Å²) in [5, 5.41) is 11.7. The molecule has 1 saturated heterocycles. The van der Waals surface area contributed by atoms with Crippen LogP contribution >= 0.6 is 0 Å². The molecule has 31 heavy (non-hydrogen) atoms. The number of anilines is 2. The molecule has 0 radical (unpaired) electrons. The van der Waals surface area contributed by atoms with Gasteiger partial charge in [-0.2, -0.15) is 0 Å². The van der Waals surface area contributed by atoms with Crippen LogP contribution < -0.4 is 9.80 Å². The maximum absolute atomic E-state index is 12.3. The predicted octanol–water partition coefficient (Wildman–Crippen LogP) is 2.84. The Balaban J connectivity index is 1.62. The van der Waals surface area contributed by atoms with Crippen molar-refractivity contribution in [1.29, 1.82) is 0 Å². The SMILES string of the molecule is CN(C)c1ccc(/C=C2/N=C(c3ccc(N4CCOCC4)c([N+](=O)[O-])c3)OC2=O)cc1. The largest absolute Gasteiger partial charge is 0.402 e. The molecule has 160 valence electrons. The first kappa shape index (κ1) is 20.5. The van der Waals surface area contributed by atoms with Crippen LogP contribution in [0.3, 0.4) is 0 Å². The molecule has 2 aliphatic rings. The van der Waals surface area contributed by atoms with E-state index in [4.69, 9.17) is 9.47 Å². The van der Waals surface area contributed by atoms with Crippen LogP contribution in [0.5, 0.6) is 0 Å². The summed E-state index contributed by atoms with van der Waals surface area (Å²) in [4.78, 5) is 31.7. The number of rotatable bonds is 5. The highest BCUT2D eigenvalue weighted by Crippen LogP contribution is 2.31. The van der Waals surface area contributed by atoms with E-state index in [9.17, 15) is 14.9 Å². The Labute approximate surface area is 179 Å². The lowest BCUT2D eigenvalue weighted by Crippen LogP contribution is -2.36. The number of aliphatic imine (C=N–C) groups is 1. The highest BCUT2D eigenvalue weighted by Gasteiger charge is 2.28. The molecule has 2 aliphatic heterocycles. The monoisotopic (exact) mass is 422 g/mol. The van der Waals surface area contributed by atoms with Crippen molar-refractivity contribution in [3.05, 3.63) is 69.4 Å². The maximum Gasteiger partial charge on any atom is 0.363 e. The molecule has 2 heterocycles. The zero-order valence-electron chi connectivity index (χ0n) is 17.3. The first-order valence-electron chi connectivity index (χ1n) is 9.84. The van der Waals surface area contributed by atoms with Crippen molar-refractivity contribution in [3.8, 4) is 0 Å². The Kier molecular flexibility index (Phi) is 5.68. The zero-order valence-corrected chi connectivity index (χ0v) is 17.3. The number of nitrogens with zero attached hydrogens (tertiary/aromatic N) is 4. The first-order valence-corrected chi connectivity index (χ1v) is 9.84. The quantitative estimate of drug-likeness (QED) is 0.316. The number of carbonyl (C=O) groups excluding carboxylic acids is 1. The van der Waals surface area contributed by atoms with E-state index in [1.807, 2.05) is 48.2 Å². The molecule has 0 saturated carbocycles. The summed E-state index contributed by atoms with van der Waals surface area (Å²) in [5.41, 5.74) is 2.81. The van der Waals surface area contributed by atoms with Crippen LogP contribution in [-0.2, 0) is 14.3 Å². The van der Waals surface area contributed by atoms with Crippen molar-refractivity contribution >= 4 is 35.0 Å². The molecular formula is C22H22N4O5. The fraction of sp³-hybridized carbons (Fsp3) is 0.273. The highest BCUT2D eigenvalue weighted by atomic mass is 16.6. The van der Waals surface area contributed by atoms with Gasteiger partial charge in [-0.05, 0) is 35.9 Å². The number of hydrogen-bond donors (Lipinski definition) is 0. The molecule has 0 amide bonds. The lowest BCUT2D eigenvalue weighted by Gasteiger charge is -2.28. The van der Waals surface area contributed by atoms with Crippen LogP contribution in [0, 0.1) is 10.1 Å². The number of cyclic esters (lactones) is 1. The van der Waals surface area contributed by atoms with Gasteiger partial charge in [0.15, 0.2) is 5.70 Å². The number of esters is 1. The average Bonchev–Trinajstić information content (AvgIpc) is 3.14. The van der Waals surface area contributed by atoms with Crippen LogP contribution in [-0.4, -0.2) is 57.2 Å². The number of carbonyl (C=O) groups is 1. The molecule has 0 unspecified atom stereocenters. The molecule has 0 bridgehead atoms. The van der Waals surface area contributed by atoms with Crippen LogP contribution in [0.15, 0.2) is 53.2 Å². The second-order valence-corrected chi connectivity index (χ2v) is 7.38. The van der Waals surface area contributed by atoms with E-state index in [0.717, 1.165) is 11.3 Å². The van der Waals surface area contributed by atoms with Crippen LogP contribution in [0.2, 0.25) is 0 Å². The number of nitro benzene ring substituents is 1. The number of hydrogen-bond acceptors (Lipinski definition) is 8. The topological polar surface area (TPSA) is 97.5 Å². The molecule has 0 aromatic heterocycles. The fourth-order valence-corrected chi connectivity index (χ4v) is 3.43. The summed E-state index contributed by atoms with van der Waals surface area (Å²) in [7, 11) is 3.89. The standard InChI is InChI=1S/C22H22N4O5/c1-24(2)17-6-3-15(4-7-17)13-18-22(27)31-21(23-18)16-5-8-19(20(14-16)26(28)29)25-9-11-30-12-10-25/h3-8,13-14H,9-12H2,1-2H3/b18-13+. The smallest absolute Gasteiger partial charge is 0.363 e. The van der Waals surface area contributed by atoms with E-state index >= 15 is 0 Å². The van der Waals surface area contributed by atoms with Gasteiger partial charge in [0, 0.05) is 44.5 Å². The van der Waals surface area contributed by atoms with Crippen molar-refractivity contribution < 1.29 is 19.2 Å². The summed E-state index contributed by atoms with van der Waals surface area (Å²) >= 11 is 0. The third-order valence-electron chi connectivity index (χ3n) is 5.10. The minimum atomic E-state index is -0.591. The van der Waals surface area contributed by atoms with Crippen molar-refractivity contribution in [2.24, 2.45) is 4.99 Å². The second-order valence-electron chi connectivity index (χ2n) is 7.38. The number of morpholine rings is 1. The summed E-state index contributed by atoms with van der Waals surface area (Å²) in [5.74, 6) is -0.538. The molecule has 0 spiro atoms. The fourth-order valence-electron chi connectivity index (χ4n) is 3.43. The van der Waals surface area contributed by atoms with Crippen LogP contribution in [0.25, 0.3) is 6.08 Å². The van der Waals surface area contributed by atoms with Gasteiger partial charge in [-0.15, -0.1) is 0 Å². The molecule has 9 heteroatoms. The molecule has 9 nitrogen and oxygen atoms in total. The molecule has 2 aromatic rings. The number of benzene rings is 2. The number of ether oxygens (including phenoxy) is 2. The van der Waals surface area contributed by atoms with Crippen LogP contribution in [0.1, 0.15) is 11.1 Å². The first-order chi connectivity index (χ1) is 14.9. The third-order valence-corrected chi connectivity index (χ3v) is 5.10. The molecule has 0 atom stereocenters. The van der Waals surface area contributed by atoms with Gasteiger partial charge in [0.1, 0.15) is 5.69 Å². The molecule has 1 fully saturated rings. The van der Waals surface area contributed by atoms with E-state index in [1.165, 1.54) is 6.07 Å². The van der Waals surface area contributed by atoms with E-state index in [2.05, 4.69) is 4.99 Å². The van der Waals surface area contributed by atoms with Gasteiger partial charge in [-0.1, -0.05) is 12.1 Å². The van der Waals surface area contributed by atoms with Gasteiger partial charge in [0.2, 0.25) is 5.90 Å². The third kappa shape index (κ3) is 4.41. The van der Waals surface area contributed by atoms with Crippen LogP contribution in [0.4, 0.5) is 17.1 Å². The second kappa shape index (κ2) is 8.57. The van der Waals surface area contributed by atoms with Gasteiger partial charge in [-0.3, -0.25) is 10.1 Å². The Hall–Kier alpha value is -3.72. The Bertz CT molecular complexity index is 1070. The Morgan fingerprint density at radius 3 is 2.48 bits per heavy atom. The highest BCUT2D eigenvalue weighted by molar-refractivity contribution is 6.13. The molecule has 0 N–H and O–H groups in total. The van der Waals surface area contributed by atoms with Crippen molar-refractivity contribution in [2.75, 3.05) is 50.2 Å². The number of nitro groups is 1. The molecule has 2 aromatic carbocycles. The van der Waals surface area contributed by atoms with Gasteiger partial charge < -0.3 is 19.3 Å². The van der Waals surface area contributed by atoms with Gasteiger partial charge in [0.25, 0.3) is 5.69 Å². The van der Waals surface area contributed by atoms with E-state index < -0.39 is 10.9 Å². The molecule has 4 rings (SSSR count). The van der Waals surface area contributed by atoms with E-state index in [-0.39, 0.29) is 17.3 Å². The van der Waals surface area contributed by atoms with E-state index in [1.54, 1.807) is 18.2 Å². The van der Waals surface area contributed by atoms with Gasteiger partial charge >= 0.3 is 5.97 Å². The van der Waals surface area contributed by atoms with Crippen molar-refractivity contribution in [2.45, 2.75) is 0 Å². The minimum absolute atomic E-state index is 0.0535. The Morgan fingerprint density at radius 2 is 1.84 bits per heavy atom. The summed E-state index contributed by atoms with van der Waals surface area (Å²) in [6, 6.07) is 12.4. The summed E-state index contributed by atoms with van der Waals surface area (Å²) in [6.45, 7) is 2.20. The zero-order chi connectivity index (χ0) is 22.0. The summed E-state index contributed by atoms with van der Waals surface area (Å²) < 4.78 is 10.6. The maximum atomic E-state index is 12.3. The predicted molar refractivity (Wildman–Crippen MR) is 118 cm³/mol. The van der Waals surface area contributed by atoms with Gasteiger partial charge in [0.05, 0.1) is 18.1 Å². The normalized spacial score (nSPS) is 17.5. The lowest BCUT2D eigenvalue weighted by molar-refractivity contribution is -0.384. The Morgan fingerprint density at radius 1 is 1.13 bits per heavy atom. The minimum Gasteiger partial charge on any atom is -0.402 e. The van der Waals surface area contributed by atoms with Gasteiger partial charge in [-0.25, -0.2) is 9.79 Å². The molecular weight excluding hydrogens is 400 g/mol. The summed E-state index contributed by atoms with van der Waals surface area (Å²) in [6.07, 6.45) is 1.63. The van der Waals surface area contributed by atoms with Crippen molar-refractivity contribution in [3.63, 3.8) is 0 Å². The average molecular weight is 422 g/mol. The lowest BCUT2D eigenvalue weighted by atomic mass is 10.1. The van der Waals surface area contributed by atoms with E-state index in [0.29, 0.717) is 37.6 Å². The van der Waals surface area contributed by atoms with Crippen molar-refractivity contribution in [1.82, 2.24) is 0 Å². The molecule has 0 aliphatic carbocycles.